The number of carbonyl (C=O) groups is 2. The third-order valence-electron chi connectivity index (χ3n) is 2.59. The zero-order valence-corrected chi connectivity index (χ0v) is 12.5. The van der Waals surface area contributed by atoms with Crippen LogP contribution in [0.1, 0.15) is 27.8 Å². The molecule has 1 heterocycles. The van der Waals surface area contributed by atoms with Gasteiger partial charge in [0.25, 0.3) is 5.91 Å². The Bertz CT molecular complexity index is 692. The van der Waals surface area contributed by atoms with E-state index in [1.807, 2.05) is 0 Å². The molecule has 0 saturated heterocycles. The molecule has 21 heavy (non-hydrogen) atoms. The van der Waals surface area contributed by atoms with Crippen LogP contribution in [-0.2, 0) is 4.74 Å². The van der Waals surface area contributed by atoms with Crippen LogP contribution in [0.5, 0.6) is 0 Å². The SMILES string of the molecule is CCOC(=O)c1cnn(-c2cc(Cl)cc(Cl)c2)c1C(N)=O. The molecule has 8 heteroatoms. The summed E-state index contributed by atoms with van der Waals surface area (Å²) in [5.41, 5.74) is 5.64. The van der Waals surface area contributed by atoms with Gasteiger partial charge < -0.3 is 10.5 Å². The van der Waals surface area contributed by atoms with E-state index in [-0.39, 0.29) is 17.9 Å². The van der Waals surface area contributed by atoms with Gasteiger partial charge in [0.2, 0.25) is 0 Å². The number of benzene rings is 1. The van der Waals surface area contributed by atoms with Crippen molar-refractivity contribution in [2.24, 2.45) is 5.73 Å². The number of nitrogens with two attached hydrogens (primary N) is 1. The molecule has 0 bridgehead atoms. The van der Waals surface area contributed by atoms with Crippen LogP contribution in [0.15, 0.2) is 24.4 Å². The minimum absolute atomic E-state index is 0.0135. The molecule has 2 N–H and O–H groups in total. The standard InChI is InChI=1S/C13H11Cl2N3O3/c1-2-21-13(20)10-6-17-18(11(10)12(16)19)9-4-7(14)3-8(15)5-9/h3-6H,2H2,1H3,(H2,16,19). The van der Waals surface area contributed by atoms with Crippen LogP contribution < -0.4 is 5.73 Å². The molecule has 2 rings (SSSR count). The molecule has 0 fully saturated rings. The summed E-state index contributed by atoms with van der Waals surface area (Å²) in [4.78, 5) is 23.5. The number of primary amides is 1. The molecule has 0 aliphatic heterocycles. The Balaban J connectivity index is 2.59. The number of hydrogen-bond acceptors (Lipinski definition) is 4. The van der Waals surface area contributed by atoms with Crippen LogP contribution in [0.2, 0.25) is 10.0 Å². The van der Waals surface area contributed by atoms with Gasteiger partial charge in [-0.25, -0.2) is 9.48 Å². The molecule has 0 radical (unpaired) electrons. The third kappa shape index (κ3) is 3.17. The number of amides is 1. The summed E-state index contributed by atoms with van der Waals surface area (Å²) < 4.78 is 6.06. The summed E-state index contributed by atoms with van der Waals surface area (Å²) in [6, 6.07) is 4.62. The van der Waals surface area contributed by atoms with Crippen molar-refractivity contribution in [1.29, 1.82) is 0 Å². The lowest BCUT2D eigenvalue weighted by molar-refractivity contribution is 0.0523. The van der Waals surface area contributed by atoms with Crippen molar-refractivity contribution in [2.45, 2.75) is 6.92 Å². The van der Waals surface area contributed by atoms with Gasteiger partial charge >= 0.3 is 5.97 Å². The van der Waals surface area contributed by atoms with Gasteiger partial charge in [0, 0.05) is 10.0 Å². The second-order valence-corrected chi connectivity index (χ2v) is 4.90. The predicted molar refractivity (Wildman–Crippen MR) is 78.1 cm³/mol. The zero-order valence-electron chi connectivity index (χ0n) is 11.0. The van der Waals surface area contributed by atoms with Gasteiger partial charge in [0.15, 0.2) is 0 Å². The fraction of sp³-hybridized carbons (Fsp3) is 0.154. The lowest BCUT2D eigenvalue weighted by Gasteiger charge is -2.07. The highest BCUT2D eigenvalue weighted by molar-refractivity contribution is 6.34. The van der Waals surface area contributed by atoms with Crippen LogP contribution in [0.4, 0.5) is 0 Å². The molecule has 0 unspecified atom stereocenters. The number of esters is 1. The van der Waals surface area contributed by atoms with Gasteiger partial charge in [-0.2, -0.15) is 5.10 Å². The summed E-state index contributed by atoms with van der Waals surface area (Å²) in [5.74, 6) is -1.49. The largest absolute Gasteiger partial charge is 0.462 e. The van der Waals surface area contributed by atoms with Crippen LogP contribution in [-0.4, -0.2) is 28.3 Å². The third-order valence-corrected chi connectivity index (χ3v) is 3.03. The number of rotatable bonds is 4. The second-order valence-electron chi connectivity index (χ2n) is 4.03. The Kier molecular flexibility index (Phi) is 4.50. The maximum Gasteiger partial charge on any atom is 0.342 e. The van der Waals surface area contributed by atoms with Gasteiger partial charge in [0.1, 0.15) is 11.3 Å². The summed E-state index contributed by atoms with van der Waals surface area (Å²) in [6.45, 7) is 1.83. The number of ether oxygens (including phenoxy) is 1. The first-order chi connectivity index (χ1) is 9.93. The summed E-state index contributed by atoms with van der Waals surface area (Å²) >= 11 is 11.8. The maximum atomic E-state index is 11.8. The summed E-state index contributed by atoms with van der Waals surface area (Å²) in [7, 11) is 0. The summed E-state index contributed by atoms with van der Waals surface area (Å²) in [5, 5.41) is 4.72. The molecule has 6 nitrogen and oxygen atoms in total. The molecule has 2 aromatic rings. The number of aromatic nitrogens is 2. The minimum atomic E-state index is -0.813. The molecule has 1 amide bonds. The average Bonchev–Trinajstić information content (AvgIpc) is 2.82. The number of nitrogens with zero attached hydrogens (tertiary/aromatic N) is 2. The van der Waals surface area contributed by atoms with Crippen molar-refractivity contribution in [3.63, 3.8) is 0 Å². The molecule has 1 aromatic carbocycles. The normalized spacial score (nSPS) is 10.4. The van der Waals surface area contributed by atoms with Crippen molar-refractivity contribution in [1.82, 2.24) is 9.78 Å². The monoisotopic (exact) mass is 327 g/mol. The topological polar surface area (TPSA) is 87.2 Å². The quantitative estimate of drug-likeness (QED) is 0.874. The Morgan fingerprint density at radius 3 is 2.43 bits per heavy atom. The van der Waals surface area contributed by atoms with Crippen molar-refractivity contribution >= 4 is 35.1 Å². The highest BCUT2D eigenvalue weighted by atomic mass is 35.5. The number of carbonyl (C=O) groups excluding carboxylic acids is 2. The van der Waals surface area contributed by atoms with E-state index in [2.05, 4.69) is 5.10 Å². The van der Waals surface area contributed by atoms with Crippen molar-refractivity contribution < 1.29 is 14.3 Å². The van der Waals surface area contributed by atoms with Crippen molar-refractivity contribution in [3.8, 4) is 5.69 Å². The Morgan fingerprint density at radius 1 is 1.29 bits per heavy atom. The summed E-state index contributed by atoms with van der Waals surface area (Å²) in [6.07, 6.45) is 1.22. The number of halogens is 2. The van der Waals surface area contributed by atoms with E-state index in [4.69, 9.17) is 33.7 Å². The first kappa shape index (κ1) is 15.3. The van der Waals surface area contributed by atoms with Gasteiger partial charge in [0.05, 0.1) is 18.5 Å². The highest BCUT2D eigenvalue weighted by Crippen LogP contribution is 2.23. The van der Waals surface area contributed by atoms with E-state index in [0.717, 1.165) is 0 Å². The molecule has 110 valence electrons. The molecule has 0 spiro atoms. The fourth-order valence-corrected chi connectivity index (χ4v) is 2.32. The van der Waals surface area contributed by atoms with Crippen LogP contribution in [0.25, 0.3) is 5.69 Å². The molecule has 0 aliphatic rings. The Morgan fingerprint density at radius 2 is 1.90 bits per heavy atom. The average molecular weight is 328 g/mol. The predicted octanol–water partition coefficient (Wildman–Crippen LogP) is 2.45. The van der Waals surface area contributed by atoms with E-state index in [9.17, 15) is 9.59 Å². The lowest BCUT2D eigenvalue weighted by Crippen LogP contribution is -2.20. The van der Waals surface area contributed by atoms with E-state index < -0.39 is 11.9 Å². The highest BCUT2D eigenvalue weighted by Gasteiger charge is 2.23. The fourth-order valence-electron chi connectivity index (χ4n) is 1.80. The van der Waals surface area contributed by atoms with E-state index >= 15 is 0 Å². The Hall–Kier alpha value is -2.05. The first-order valence-electron chi connectivity index (χ1n) is 5.95. The molecule has 0 aliphatic carbocycles. The molecule has 1 aromatic heterocycles. The molecular weight excluding hydrogens is 317 g/mol. The van der Waals surface area contributed by atoms with E-state index in [1.54, 1.807) is 19.1 Å². The van der Waals surface area contributed by atoms with Gasteiger partial charge in [-0.3, -0.25) is 4.79 Å². The van der Waals surface area contributed by atoms with Crippen LogP contribution >= 0.6 is 23.2 Å². The number of hydrogen-bond donors (Lipinski definition) is 1. The van der Waals surface area contributed by atoms with Crippen LogP contribution in [0, 0.1) is 0 Å². The molecular formula is C13H11Cl2N3O3. The Labute approximate surface area is 130 Å². The van der Waals surface area contributed by atoms with Crippen molar-refractivity contribution in [3.05, 3.63) is 45.7 Å². The first-order valence-corrected chi connectivity index (χ1v) is 6.71. The van der Waals surface area contributed by atoms with Gasteiger partial charge in [-0.15, -0.1) is 0 Å². The molecule has 0 saturated carbocycles. The lowest BCUT2D eigenvalue weighted by atomic mass is 10.2. The van der Waals surface area contributed by atoms with E-state index in [0.29, 0.717) is 15.7 Å². The minimum Gasteiger partial charge on any atom is -0.462 e. The van der Waals surface area contributed by atoms with E-state index in [1.165, 1.54) is 16.9 Å². The van der Waals surface area contributed by atoms with Gasteiger partial charge in [-0.05, 0) is 25.1 Å². The zero-order chi connectivity index (χ0) is 15.6. The van der Waals surface area contributed by atoms with Crippen molar-refractivity contribution in [2.75, 3.05) is 6.61 Å². The maximum absolute atomic E-state index is 11.8. The smallest absolute Gasteiger partial charge is 0.342 e. The second kappa shape index (κ2) is 6.15. The molecule has 0 atom stereocenters. The van der Waals surface area contributed by atoms with Gasteiger partial charge in [-0.1, -0.05) is 23.2 Å². The van der Waals surface area contributed by atoms with Crippen LogP contribution in [0.3, 0.4) is 0 Å².